The second-order valence-electron chi connectivity index (χ2n) is 5.43. The molecule has 1 aliphatic heterocycles. The van der Waals surface area contributed by atoms with Crippen LogP contribution in [0.4, 0.5) is 0 Å². The fraction of sp³-hybridized carbons (Fsp3) is 1.00. The summed E-state index contributed by atoms with van der Waals surface area (Å²) in [5.41, 5.74) is 0. The summed E-state index contributed by atoms with van der Waals surface area (Å²) in [6.07, 6.45) is 8.65. The summed E-state index contributed by atoms with van der Waals surface area (Å²) >= 11 is 0. The molecule has 17 heavy (non-hydrogen) atoms. The monoisotopic (exact) mass is 241 g/mol. The van der Waals surface area contributed by atoms with Crippen LogP contribution in [0.15, 0.2) is 0 Å². The Bertz CT molecular complexity index is 206. The van der Waals surface area contributed by atoms with Crippen molar-refractivity contribution < 1.29 is 9.47 Å². The molecule has 3 heteroatoms. The van der Waals surface area contributed by atoms with Crippen LogP contribution in [0.25, 0.3) is 0 Å². The second kappa shape index (κ2) is 7.34. The van der Waals surface area contributed by atoms with Crippen molar-refractivity contribution in [1.82, 2.24) is 5.32 Å². The molecule has 1 aliphatic carbocycles. The first-order valence-corrected chi connectivity index (χ1v) is 7.32. The van der Waals surface area contributed by atoms with E-state index < -0.39 is 0 Å². The first-order chi connectivity index (χ1) is 8.38. The first kappa shape index (κ1) is 13.3. The molecule has 2 rings (SSSR count). The molecule has 2 unspecified atom stereocenters. The largest absolute Gasteiger partial charge is 0.379 e. The van der Waals surface area contributed by atoms with Gasteiger partial charge in [-0.15, -0.1) is 0 Å². The van der Waals surface area contributed by atoms with Crippen molar-refractivity contribution in [1.29, 1.82) is 0 Å². The molecule has 0 aromatic carbocycles. The van der Waals surface area contributed by atoms with Crippen LogP contribution in [0.2, 0.25) is 0 Å². The molecule has 3 nitrogen and oxygen atoms in total. The van der Waals surface area contributed by atoms with Crippen molar-refractivity contribution in [3.8, 4) is 0 Å². The molecule has 0 spiro atoms. The third-order valence-electron chi connectivity index (χ3n) is 4.02. The quantitative estimate of drug-likeness (QED) is 0.662. The normalized spacial score (nSPS) is 29.5. The number of rotatable bonds is 8. The van der Waals surface area contributed by atoms with Gasteiger partial charge in [0.2, 0.25) is 0 Å². The van der Waals surface area contributed by atoms with E-state index in [0.29, 0.717) is 12.2 Å². The van der Waals surface area contributed by atoms with Crippen LogP contribution >= 0.6 is 0 Å². The molecule has 0 amide bonds. The highest BCUT2D eigenvalue weighted by atomic mass is 16.5. The van der Waals surface area contributed by atoms with Crippen LogP contribution in [0.1, 0.15) is 45.4 Å². The van der Waals surface area contributed by atoms with Crippen molar-refractivity contribution in [2.75, 3.05) is 26.3 Å². The third kappa shape index (κ3) is 4.57. The molecule has 2 aliphatic rings. The van der Waals surface area contributed by atoms with E-state index in [4.69, 9.17) is 9.47 Å². The molecule has 0 bridgehead atoms. The van der Waals surface area contributed by atoms with Crippen molar-refractivity contribution in [3.05, 3.63) is 0 Å². The van der Waals surface area contributed by atoms with Gasteiger partial charge in [0.15, 0.2) is 0 Å². The molecule has 100 valence electrons. The smallest absolute Gasteiger partial charge is 0.0813 e. The highest BCUT2D eigenvalue weighted by molar-refractivity contribution is 4.75. The lowest BCUT2D eigenvalue weighted by Crippen LogP contribution is -2.27. The van der Waals surface area contributed by atoms with Gasteiger partial charge < -0.3 is 14.8 Å². The van der Waals surface area contributed by atoms with E-state index in [0.717, 1.165) is 32.2 Å². The molecule has 1 N–H and O–H groups in total. The number of likely N-dealkylation sites (N-methyl/N-ethyl adjacent to an activating group) is 1. The topological polar surface area (TPSA) is 30.5 Å². The Balaban J connectivity index is 1.46. The lowest BCUT2D eigenvalue weighted by Gasteiger charge is -2.25. The zero-order valence-corrected chi connectivity index (χ0v) is 11.1. The maximum Gasteiger partial charge on any atom is 0.0813 e. The predicted molar refractivity (Wildman–Crippen MR) is 69.2 cm³/mol. The van der Waals surface area contributed by atoms with Crippen molar-refractivity contribution in [3.63, 3.8) is 0 Å². The van der Waals surface area contributed by atoms with Gasteiger partial charge in [-0.3, -0.25) is 0 Å². The SMILES string of the molecule is CCNCC1CCC(COCCC2CCC2)O1. The summed E-state index contributed by atoms with van der Waals surface area (Å²) in [4.78, 5) is 0. The molecule has 0 radical (unpaired) electrons. The number of hydrogen-bond acceptors (Lipinski definition) is 3. The Labute approximate surface area is 105 Å². The molecule has 1 saturated carbocycles. The summed E-state index contributed by atoms with van der Waals surface area (Å²) in [5, 5.41) is 3.34. The summed E-state index contributed by atoms with van der Waals surface area (Å²) in [5.74, 6) is 0.959. The Morgan fingerprint density at radius 3 is 2.71 bits per heavy atom. The lowest BCUT2D eigenvalue weighted by molar-refractivity contribution is -0.0181. The van der Waals surface area contributed by atoms with Gasteiger partial charge in [-0.05, 0) is 31.7 Å². The summed E-state index contributed by atoms with van der Waals surface area (Å²) < 4.78 is 11.7. The molecular weight excluding hydrogens is 214 g/mol. The van der Waals surface area contributed by atoms with Crippen LogP contribution in [-0.4, -0.2) is 38.5 Å². The highest BCUT2D eigenvalue weighted by Crippen LogP contribution is 2.29. The Morgan fingerprint density at radius 1 is 1.18 bits per heavy atom. The minimum Gasteiger partial charge on any atom is -0.379 e. The second-order valence-corrected chi connectivity index (χ2v) is 5.43. The van der Waals surface area contributed by atoms with Crippen LogP contribution < -0.4 is 5.32 Å². The summed E-state index contributed by atoms with van der Waals surface area (Å²) in [7, 11) is 0. The van der Waals surface area contributed by atoms with Gasteiger partial charge in [0, 0.05) is 13.2 Å². The van der Waals surface area contributed by atoms with E-state index in [9.17, 15) is 0 Å². The van der Waals surface area contributed by atoms with Gasteiger partial charge in [0.05, 0.1) is 18.8 Å². The molecule has 1 heterocycles. The van der Waals surface area contributed by atoms with Crippen LogP contribution in [0, 0.1) is 5.92 Å². The molecule has 2 atom stereocenters. The first-order valence-electron chi connectivity index (χ1n) is 7.32. The van der Waals surface area contributed by atoms with Crippen molar-refractivity contribution in [2.24, 2.45) is 5.92 Å². The Morgan fingerprint density at radius 2 is 2.00 bits per heavy atom. The molecule has 0 aromatic heterocycles. The lowest BCUT2D eigenvalue weighted by atomic mass is 9.83. The van der Waals surface area contributed by atoms with E-state index in [1.54, 1.807) is 0 Å². The van der Waals surface area contributed by atoms with E-state index in [1.807, 2.05) is 0 Å². The molecule has 0 aromatic rings. The van der Waals surface area contributed by atoms with Crippen molar-refractivity contribution in [2.45, 2.75) is 57.7 Å². The molecular formula is C14H27NO2. The van der Waals surface area contributed by atoms with Crippen LogP contribution in [0.5, 0.6) is 0 Å². The van der Waals surface area contributed by atoms with Gasteiger partial charge in [-0.25, -0.2) is 0 Å². The van der Waals surface area contributed by atoms with E-state index in [2.05, 4.69) is 12.2 Å². The van der Waals surface area contributed by atoms with Crippen LogP contribution in [0.3, 0.4) is 0 Å². The number of ether oxygens (including phenoxy) is 2. The Hall–Kier alpha value is -0.120. The number of hydrogen-bond donors (Lipinski definition) is 1. The highest BCUT2D eigenvalue weighted by Gasteiger charge is 2.25. The fourth-order valence-electron chi connectivity index (χ4n) is 2.60. The fourth-order valence-corrected chi connectivity index (χ4v) is 2.60. The van der Waals surface area contributed by atoms with Gasteiger partial charge in [0.1, 0.15) is 0 Å². The predicted octanol–water partition coefficient (Wildman–Crippen LogP) is 2.35. The summed E-state index contributed by atoms with van der Waals surface area (Å²) in [6.45, 7) is 5.89. The maximum atomic E-state index is 5.92. The number of nitrogens with one attached hydrogen (secondary N) is 1. The van der Waals surface area contributed by atoms with Gasteiger partial charge in [0.25, 0.3) is 0 Å². The minimum atomic E-state index is 0.347. The summed E-state index contributed by atoms with van der Waals surface area (Å²) in [6, 6.07) is 0. The average Bonchev–Trinajstić information content (AvgIpc) is 2.71. The maximum absolute atomic E-state index is 5.92. The van der Waals surface area contributed by atoms with E-state index in [-0.39, 0.29) is 0 Å². The minimum absolute atomic E-state index is 0.347. The standard InChI is InChI=1S/C14H27NO2/c1-2-15-10-13-6-7-14(17-13)11-16-9-8-12-4-3-5-12/h12-15H,2-11H2,1H3. The third-order valence-corrected chi connectivity index (χ3v) is 4.02. The van der Waals surface area contributed by atoms with Gasteiger partial charge >= 0.3 is 0 Å². The zero-order chi connectivity index (χ0) is 11.9. The molecule has 1 saturated heterocycles. The van der Waals surface area contributed by atoms with Gasteiger partial charge in [-0.1, -0.05) is 26.2 Å². The zero-order valence-electron chi connectivity index (χ0n) is 11.1. The van der Waals surface area contributed by atoms with E-state index >= 15 is 0 Å². The van der Waals surface area contributed by atoms with Gasteiger partial charge in [-0.2, -0.15) is 0 Å². The van der Waals surface area contributed by atoms with Crippen LogP contribution in [-0.2, 0) is 9.47 Å². The molecule has 2 fully saturated rings. The average molecular weight is 241 g/mol. The Kier molecular flexibility index (Phi) is 5.75. The van der Waals surface area contributed by atoms with E-state index in [1.165, 1.54) is 38.5 Å². The van der Waals surface area contributed by atoms with Crippen molar-refractivity contribution >= 4 is 0 Å².